The van der Waals surface area contributed by atoms with Crippen LogP contribution in [0.3, 0.4) is 0 Å². The average molecular weight is 341 g/mol. The van der Waals surface area contributed by atoms with Crippen molar-refractivity contribution in [2.24, 2.45) is 5.92 Å². The fraction of sp³-hybridized carbons (Fsp3) is 0.350. The number of methoxy groups -OCH3 is 1. The zero-order valence-electron chi connectivity index (χ0n) is 14.9. The first-order valence-electron chi connectivity index (χ1n) is 8.27. The van der Waals surface area contributed by atoms with Crippen molar-refractivity contribution in [3.8, 4) is 11.5 Å². The van der Waals surface area contributed by atoms with Gasteiger partial charge >= 0.3 is 0 Å². The molecule has 0 unspecified atom stereocenters. The molecule has 0 bridgehead atoms. The van der Waals surface area contributed by atoms with E-state index in [9.17, 15) is 15.0 Å². The van der Waals surface area contributed by atoms with Crippen LogP contribution in [0, 0.1) is 26.7 Å². The second-order valence-electron chi connectivity index (χ2n) is 6.58. The molecule has 5 heteroatoms. The van der Waals surface area contributed by atoms with Gasteiger partial charge in [0.05, 0.1) is 25.7 Å². The van der Waals surface area contributed by atoms with Crippen LogP contribution in [0.15, 0.2) is 30.3 Å². The number of phenolic OH excluding ortho intramolecular Hbond substituents is 1. The summed E-state index contributed by atoms with van der Waals surface area (Å²) in [5.74, 6) is 0.277. The van der Waals surface area contributed by atoms with E-state index in [1.54, 1.807) is 18.1 Å². The van der Waals surface area contributed by atoms with E-state index in [1.807, 2.05) is 45.0 Å². The third kappa shape index (κ3) is 2.74. The van der Waals surface area contributed by atoms with Gasteiger partial charge in [-0.25, -0.2) is 0 Å². The van der Waals surface area contributed by atoms with Gasteiger partial charge in [0.2, 0.25) is 5.91 Å². The maximum atomic E-state index is 12.6. The second kappa shape index (κ2) is 6.41. The number of aliphatic hydroxyl groups excluding tert-OH is 1. The first kappa shape index (κ1) is 17.3. The number of hydrogen-bond acceptors (Lipinski definition) is 4. The summed E-state index contributed by atoms with van der Waals surface area (Å²) in [7, 11) is 1.61. The van der Waals surface area contributed by atoms with Crippen molar-refractivity contribution in [3.63, 3.8) is 0 Å². The number of carbonyl (C=O) groups is 1. The lowest BCUT2D eigenvalue weighted by molar-refractivity contribution is -0.132. The van der Waals surface area contributed by atoms with E-state index in [2.05, 4.69) is 0 Å². The number of rotatable bonds is 4. The zero-order chi connectivity index (χ0) is 18.3. The lowest BCUT2D eigenvalue weighted by Gasteiger charge is -2.47. The Morgan fingerprint density at radius 3 is 2.44 bits per heavy atom. The molecule has 1 heterocycles. The summed E-state index contributed by atoms with van der Waals surface area (Å²) < 4.78 is 5.42. The van der Waals surface area contributed by atoms with Crippen LogP contribution in [0.25, 0.3) is 0 Å². The molecule has 1 amide bonds. The topological polar surface area (TPSA) is 70.0 Å². The molecule has 1 aliphatic rings. The molecule has 0 saturated carbocycles. The van der Waals surface area contributed by atoms with Crippen molar-refractivity contribution in [1.29, 1.82) is 0 Å². The van der Waals surface area contributed by atoms with Gasteiger partial charge in [-0.2, -0.15) is 0 Å². The summed E-state index contributed by atoms with van der Waals surface area (Å²) in [5, 5.41) is 19.7. The number of aryl methyl sites for hydroxylation is 2. The predicted octanol–water partition coefficient (Wildman–Crippen LogP) is 3.02. The summed E-state index contributed by atoms with van der Waals surface area (Å²) in [6.45, 7) is 5.54. The molecule has 0 radical (unpaired) electrons. The number of benzene rings is 2. The van der Waals surface area contributed by atoms with Crippen LogP contribution in [-0.4, -0.2) is 29.8 Å². The van der Waals surface area contributed by atoms with E-state index in [1.165, 1.54) is 0 Å². The number of carbonyl (C=O) groups excluding carboxylic acids is 1. The lowest BCUT2D eigenvalue weighted by Crippen LogP contribution is -2.56. The highest BCUT2D eigenvalue weighted by Gasteiger charge is 2.48. The predicted molar refractivity (Wildman–Crippen MR) is 96.1 cm³/mol. The molecule has 0 spiro atoms. The maximum absolute atomic E-state index is 12.6. The van der Waals surface area contributed by atoms with Crippen molar-refractivity contribution in [2.75, 3.05) is 18.6 Å². The third-order valence-electron chi connectivity index (χ3n) is 5.09. The molecule has 132 valence electrons. The van der Waals surface area contributed by atoms with Crippen LogP contribution in [-0.2, 0) is 4.79 Å². The van der Waals surface area contributed by atoms with Gasteiger partial charge in [-0.1, -0.05) is 12.1 Å². The number of ether oxygens (including phenoxy) is 1. The Hall–Kier alpha value is -2.53. The smallest absolute Gasteiger partial charge is 0.235 e. The SMILES string of the molecule is COc1cc(N2C(=O)[C@@H](CO)[C@@H]2c2ccc(C)c(O)c2)cc(C)c1C. The van der Waals surface area contributed by atoms with Crippen LogP contribution in [0.5, 0.6) is 11.5 Å². The molecule has 0 aromatic heterocycles. The molecule has 2 N–H and O–H groups in total. The number of nitrogens with zero attached hydrogens (tertiary/aromatic N) is 1. The van der Waals surface area contributed by atoms with Gasteiger partial charge in [-0.3, -0.25) is 4.79 Å². The van der Waals surface area contributed by atoms with E-state index < -0.39 is 5.92 Å². The van der Waals surface area contributed by atoms with Crippen LogP contribution >= 0.6 is 0 Å². The maximum Gasteiger partial charge on any atom is 0.235 e. The summed E-state index contributed by atoms with van der Waals surface area (Å²) in [5.41, 5.74) is 4.37. The number of phenols is 1. The van der Waals surface area contributed by atoms with Gasteiger partial charge in [0, 0.05) is 11.8 Å². The Morgan fingerprint density at radius 2 is 1.84 bits per heavy atom. The Kier molecular flexibility index (Phi) is 4.43. The lowest BCUT2D eigenvalue weighted by atomic mass is 9.81. The van der Waals surface area contributed by atoms with E-state index in [-0.39, 0.29) is 24.3 Å². The average Bonchev–Trinajstić information content (AvgIpc) is 2.58. The summed E-state index contributed by atoms with van der Waals surface area (Å²) >= 11 is 0. The van der Waals surface area contributed by atoms with Gasteiger partial charge in [0.15, 0.2) is 0 Å². The molecule has 1 saturated heterocycles. The van der Waals surface area contributed by atoms with Crippen LogP contribution in [0.1, 0.15) is 28.3 Å². The highest BCUT2D eigenvalue weighted by Crippen LogP contribution is 2.45. The molecule has 5 nitrogen and oxygen atoms in total. The van der Waals surface area contributed by atoms with Gasteiger partial charge < -0.3 is 19.8 Å². The molecule has 2 aromatic rings. The highest BCUT2D eigenvalue weighted by molar-refractivity contribution is 6.03. The van der Waals surface area contributed by atoms with Crippen molar-refractivity contribution in [1.82, 2.24) is 0 Å². The van der Waals surface area contributed by atoms with Crippen molar-refractivity contribution in [2.45, 2.75) is 26.8 Å². The molecular formula is C20H23NO4. The molecular weight excluding hydrogens is 318 g/mol. The van der Waals surface area contributed by atoms with Crippen LogP contribution in [0.4, 0.5) is 5.69 Å². The summed E-state index contributed by atoms with van der Waals surface area (Å²) in [6, 6.07) is 8.86. The Labute approximate surface area is 147 Å². The minimum atomic E-state index is -0.505. The summed E-state index contributed by atoms with van der Waals surface area (Å²) in [6.07, 6.45) is 0. The number of aromatic hydroxyl groups is 1. The molecule has 25 heavy (non-hydrogen) atoms. The zero-order valence-corrected chi connectivity index (χ0v) is 14.9. The third-order valence-corrected chi connectivity index (χ3v) is 5.09. The largest absolute Gasteiger partial charge is 0.508 e. The Morgan fingerprint density at radius 1 is 1.12 bits per heavy atom. The number of anilines is 1. The van der Waals surface area contributed by atoms with Crippen LogP contribution in [0.2, 0.25) is 0 Å². The van der Waals surface area contributed by atoms with Crippen molar-refractivity contribution in [3.05, 3.63) is 52.6 Å². The number of aliphatic hydroxyl groups is 1. The standard InChI is InChI=1S/C20H23NO4/c1-11-5-6-14(8-17(11)23)19-16(10-22)20(24)21(19)15-7-12(2)13(3)18(9-15)25-4/h5-9,16,19,22-23H,10H2,1-4H3/t16-,19-/m0/s1. The van der Waals surface area contributed by atoms with Crippen molar-refractivity contribution >= 4 is 11.6 Å². The molecule has 2 aromatic carbocycles. The van der Waals surface area contributed by atoms with E-state index in [4.69, 9.17) is 4.74 Å². The molecule has 2 atom stereocenters. The Balaban J connectivity index is 2.06. The second-order valence-corrected chi connectivity index (χ2v) is 6.58. The van der Waals surface area contributed by atoms with E-state index >= 15 is 0 Å². The first-order chi connectivity index (χ1) is 11.9. The molecule has 1 aliphatic heterocycles. The van der Waals surface area contributed by atoms with E-state index in [0.29, 0.717) is 0 Å². The first-order valence-corrected chi connectivity index (χ1v) is 8.27. The molecule has 0 aliphatic carbocycles. The number of hydrogen-bond donors (Lipinski definition) is 2. The number of β-lactam (4-membered cyclic amide) rings is 1. The van der Waals surface area contributed by atoms with Gasteiger partial charge in [-0.05, 0) is 55.2 Å². The monoisotopic (exact) mass is 341 g/mol. The quantitative estimate of drug-likeness (QED) is 0.839. The van der Waals surface area contributed by atoms with Crippen LogP contribution < -0.4 is 9.64 Å². The number of amides is 1. The van der Waals surface area contributed by atoms with Gasteiger partial charge in [0.1, 0.15) is 11.5 Å². The van der Waals surface area contributed by atoms with Gasteiger partial charge in [-0.15, -0.1) is 0 Å². The van der Waals surface area contributed by atoms with Gasteiger partial charge in [0.25, 0.3) is 0 Å². The normalized spacial score (nSPS) is 19.7. The van der Waals surface area contributed by atoms with E-state index in [0.717, 1.165) is 33.7 Å². The molecule has 3 rings (SSSR count). The fourth-order valence-corrected chi connectivity index (χ4v) is 3.37. The Bertz CT molecular complexity index is 831. The summed E-state index contributed by atoms with van der Waals surface area (Å²) in [4.78, 5) is 14.3. The van der Waals surface area contributed by atoms with Crippen molar-refractivity contribution < 1.29 is 19.7 Å². The fourth-order valence-electron chi connectivity index (χ4n) is 3.37. The molecule has 1 fully saturated rings. The minimum absolute atomic E-state index is 0.127. The highest BCUT2D eigenvalue weighted by atomic mass is 16.5. The minimum Gasteiger partial charge on any atom is -0.508 e.